The Labute approximate surface area is 118 Å². The smallest absolute Gasteiger partial charge is 0.0928 e. The highest BCUT2D eigenvalue weighted by Crippen LogP contribution is 2.17. The number of piperazine rings is 1. The van der Waals surface area contributed by atoms with E-state index in [1.165, 1.54) is 19.4 Å². The largest absolute Gasteiger partial charge is 0.392 e. The SMILES string of the molecule is CC(C)CCCN1CCN(C(C)(C)C(N)=S)CC1. The van der Waals surface area contributed by atoms with E-state index in [9.17, 15) is 0 Å². The van der Waals surface area contributed by atoms with Crippen molar-refractivity contribution in [1.82, 2.24) is 9.80 Å². The summed E-state index contributed by atoms with van der Waals surface area (Å²) in [5.41, 5.74) is 5.69. The molecule has 0 aliphatic carbocycles. The highest BCUT2D eigenvalue weighted by Gasteiger charge is 2.31. The van der Waals surface area contributed by atoms with Gasteiger partial charge in [-0.3, -0.25) is 4.90 Å². The Kier molecular flexibility index (Phi) is 6.02. The lowest BCUT2D eigenvalue weighted by atomic mass is 10.0. The van der Waals surface area contributed by atoms with Crippen molar-refractivity contribution in [2.75, 3.05) is 32.7 Å². The van der Waals surface area contributed by atoms with Crippen LogP contribution in [0.25, 0.3) is 0 Å². The average Bonchev–Trinajstić information content (AvgIpc) is 2.29. The van der Waals surface area contributed by atoms with Crippen molar-refractivity contribution >= 4 is 17.2 Å². The number of hydrogen-bond acceptors (Lipinski definition) is 3. The first-order valence-corrected chi connectivity index (χ1v) is 7.52. The van der Waals surface area contributed by atoms with Crippen molar-refractivity contribution in [3.8, 4) is 0 Å². The molecular weight excluding hydrogens is 242 g/mol. The van der Waals surface area contributed by atoms with Crippen molar-refractivity contribution in [2.24, 2.45) is 11.7 Å². The summed E-state index contributed by atoms with van der Waals surface area (Å²) >= 11 is 5.16. The van der Waals surface area contributed by atoms with Gasteiger partial charge in [0.1, 0.15) is 0 Å². The van der Waals surface area contributed by atoms with E-state index in [4.69, 9.17) is 18.0 Å². The van der Waals surface area contributed by atoms with Gasteiger partial charge < -0.3 is 10.6 Å². The molecular formula is C14H29N3S. The lowest BCUT2D eigenvalue weighted by molar-refractivity contribution is 0.0846. The third-order valence-corrected chi connectivity index (χ3v) is 4.52. The van der Waals surface area contributed by atoms with Crippen LogP contribution < -0.4 is 5.73 Å². The van der Waals surface area contributed by atoms with E-state index < -0.39 is 0 Å². The molecule has 1 rings (SSSR count). The molecule has 18 heavy (non-hydrogen) atoms. The number of thiocarbonyl (C=S) groups is 1. The van der Waals surface area contributed by atoms with Crippen molar-refractivity contribution in [1.29, 1.82) is 0 Å². The predicted molar refractivity (Wildman–Crippen MR) is 82.9 cm³/mol. The quantitative estimate of drug-likeness (QED) is 0.750. The topological polar surface area (TPSA) is 32.5 Å². The zero-order valence-corrected chi connectivity index (χ0v) is 13.2. The molecule has 0 aromatic carbocycles. The Morgan fingerprint density at radius 1 is 1.22 bits per heavy atom. The molecule has 1 fully saturated rings. The van der Waals surface area contributed by atoms with Gasteiger partial charge in [0.25, 0.3) is 0 Å². The van der Waals surface area contributed by atoms with Gasteiger partial charge in [0, 0.05) is 26.2 Å². The second-order valence-corrected chi connectivity index (χ2v) is 6.73. The molecule has 0 amide bonds. The summed E-state index contributed by atoms with van der Waals surface area (Å²) in [7, 11) is 0. The third-order valence-electron chi connectivity index (χ3n) is 4.02. The molecule has 0 radical (unpaired) electrons. The molecule has 0 spiro atoms. The molecule has 0 saturated carbocycles. The van der Waals surface area contributed by atoms with Crippen LogP contribution in [0.2, 0.25) is 0 Å². The van der Waals surface area contributed by atoms with Crippen molar-refractivity contribution < 1.29 is 0 Å². The summed E-state index contributed by atoms with van der Waals surface area (Å²) in [5, 5.41) is 0. The molecule has 4 heteroatoms. The Balaban J connectivity index is 2.30. The van der Waals surface area contributed by atoms with Crippen LogP contribution in [0.1, 0.15) is 40.5 Å². The first kappa shape index (κ1) is 15.9. The minimum Gasteiger partial charge on any atom is -0.392 e. The first-order chi connectivity index (χ1) is 8.34. The Morgan fingerprint density at radius 3 is 2.22 bits per heavy atom. The summed E-state index contributed by atoms with van der Waals surface area (Å²) in [5.74, 6) is 0.819. The number of hydrogen-bond donors (Lipinski definition) is 1. The molecule has 0 atom stereocenters. The maximum Gasteiger partial charge on any atom is 0.0928 e. The molecule has 2 N–H and O–H groups in total. The molecule has 1 heterocycles. The van der Waals surface area contributed by atoms with Gasteiger partial charge in [-0.1, -0.05) is 26.1 Å². The maximum atomic E-state index is 5.83. The van der Waals surface area contributed by atoms with Crippen LogP contribution in [-0.4, -0.2) is 53.1 Å². The summed E-state index contributed by atoms with van der Waals surface area (Å²) in [6, 6.07) is 0. The Hall–Kier alpha value is -0.190. The van der Waals surface area contributed by atoms with Gasteiger partial charge in [0.15, 0.2) is 0 Å². The zero-order chi connectivity index (χ0) is 13.8. The van der Waals surface area contributed by atoms with Gasteiger partial charge in [-0.05, 0) is 39.2 Å². The summed E-state index contributed by atoms with van der Waals surface area (Å²) < 4.78 is 0. The molecule has 1 aliphatic heterocycles. The minimum atomic E-state index is -0.140. The lowest BCUT2D eigenvalue weighted by Gasteiger charge is -2.43. The molecule has 106 valence electrons. The first-order valence-electron chi connectivity index (χ1n) is 7.11. The second-order valence-electron chi connectivity index (χ2n) is 6.29. The average molecular weight is 271 g/mol. The second kappa shape index (κ2) is 6.83. The monoisotopic (exact) mass is 271 g/mol. The highest BCUT2D eigenvalue weighted by atomic mass is 32.1. The molecule has 1 saturated heterocycles. The molecule has 0 aromatic heterocycles. The van der Waals surface area contributed by atoms with Crippen LogP contribution in [0.4, 0.5) is 0 Å². The van der Waals surface area contributed by atoms with Crippen molar-refractivity contribution in [3.63, 3.8) is 0 Å². The van der Waals surface area contributed by atoms with E-state index in [0.29, 0.717) is 4.99 Å². The Bertz CT molecular complexity index is 268. The number of rotatable bonds is 6. The highest BCUT2D eigenvalue weighted by molar-refractivity contribution is 7.80. The van der Waals surface area contributed by atoms with Crippen molar-refractivity contribution in [2.45, 2.75) is 46.1 Å². The molecule has 3 nitrogen and oxygen atoms in total. The summed E-state index contributed by atoms with van der Waals surface area (Å²) in [6.07, 6.45) is 2.65. The summed E-state index contributed by atoms with van der Waals surface area (Å²) in [4.78, 5) is 5.58. The van der Waals surface area contributed by atoms with E-state index in [1.54, 1.807) is 0 Å². The van der Waals surface area contributed by atoms with E-state index >= 15 is 0 Å². The van der Waals surface area contributed by atoms with E-state index in [1.807, 2.05) is 0 Å². The number of nitrogens with two attached hydrogens (primary N) is 1. The van der Waals surface area contributed by atoms with Crippen LogP contribution in [0, 0.1) is 5.92 Å². The van der Waals surface area contributed by atoms with Crippen LogP contribution in [-0.2, 0) is 0 Å². The van der Waals surface area contributed by atoms with Crippen LogP contribution in [0.5, 0.6) is 0 Å². The van der Waals surface area contributed by atoms with Gasteiger partial charge in [0.05, 0.1) is 10.5 Å². The van der Waals surface area contributed by atoms with Gasteiger partial charge in [-0.25, -0.2) is 0 Å². The van der Waals surface area contributed by atoms with Crippen LogP contribution in [0.15, 0.2) is 0 Å². The molecule has 0 bridgehead atoms. The fraction of sp³-hybridized carbons (Fsp3) is 0.929. The van der Waals surface area contributed by atoms with E-state index in [-0.39, 0.29) is 5.54 Å². The standard InChI is InChI=1S/C14H29N3S/c1-12(2)6-5-7-16-8-10-17(11-9-16)14(3,4)13(15)18/h12H,5-11H2,1-4H3,(H2,15,18). The third kappa shape index (κ3) is 4.48. The van der Waals surface area contributed by atoms with Gasteiger partial charge in [0.2, 0.25) is 0 Å². The van der Waals surface area contributed by atoms with Crippen LogP contribution >= 0.6 is 12.2 Å². The maximum absolute atomic E-state index is 5.83. The lowest BCUT2D eigenvalue weighted by Crippen LogP contribution is -2.59. The fourth-order valence-electron chi connectivity index (χ4n) is 2.41. The summed E-state index contributed by atoms with van der Waals surface area (Å²) in [6.45, 7) is 14.5. The zero-order valence-electron chi connectivity index (χ0n) is 12.4. The van der Waals surface area contributed by atoms with Gasteiger partial charge in [-0.15, -0.1) is 0 Å². The molecule has 1 aliphatic rings. The molecule has 0 unspecified atom stereocenters. The predicted octanol–water partition coefficient (Wildman–Crippen LogP) is 2.10. The molecule has 0 aromatic rings. The van der Waals surface area contributed by atoms with Crippen LogP contribution in [0.3, 0.4) is 0 Å². The van der Waals surface area contributed by atoms with Crippen molar-refractivity contribution in [3.05, 3.63) is 0 Å². The fourth-order valence-corrected chi connectivity index (χ4v) is 2.54. The van der Waals surface area contributed by atoms with E-state index in [0.717, 1.165) is 32.1 Å². The van der Waals surface area contributed by atoms with E-state index in [2.05, 4.69) is 37.5 Å². The minimum absolute atomic E-state index is 0.140. The Morgan fingerprint density at radius 2 is 1.78 bits per heavy atom. The normalized spacial score (nSPS) is 19.4. The van der Waals surface area contributed by atoms with Gasteiger partial charge in [-0.2, -0.15) is 0 Å². The van der Waals surface area contributed by atoms with Gasteiger partial charge >= 0.3 is 0 Å². The number of nitrogens with zero attached hydrogens (tertiary/aromatic N) is 2.